The van der Waals surface area contributed by atoms with Crippen LogP contribution in [0.15, 0.2) is 85.5 Å². The summed E-state index contributed by atoms with van der Waals surface area (Å²) in [6, 6.07) is 19.1. The van der Waals surface area contributed by atoms with Gasteiger partial charge in [0.15, 0.2) is 43.1 Å². The van der Waals surface area contributed by atoms with Crippen LogP contribution in [0, 0.1) is 13.8 Å². The Hall–Kier alpha value is -7.48. The van der Waals surface area contributed by atoms with Gasteiger partial charge in [-0.05, 0) is 62.4 Å². The average molecular weight is 1110 g/mol. The first-order valence-corrected chi connectivity index (χ1v) is 24.9. The number of hydrogen-bond acceptors (Lipinski definition) is 24. The number of methoxy groups -OCH3 is 1. The number of ether oxygens (including phenoxy) is 16. The Kier molecular flexibility index (Phi) is 21.8. The Morgan fingerprint density at radius 1 is 0.494 bits per heavy atom. The van der Waals surface area contributed by atoms with Crippen molar-refractivity contribution in [2.75, 3.05) is 33.5 Å². The van der Waals surface area contributed by atoms with Crippen LogP contribution in [-0.2, 0) is 95.1 Å². The van der Waals surface area contributed by atoms with Gasteiger partial charge in [-0.25, -0.2) is 9.59 Å². The smallest absolute Gasteiger partial charge is 0.338 e. The second kappa shape index (κ2) is 28.4. The van der Waals surface area contributed by atoms with Crippen molar-refractivity contribution in [3.63, 3.8) is 0 Å². The van der Waals surface area contributed by atoms with Crippen LogP contribution in [-0.4, -0.2) is 167 Å². The number of aryl methyl sites for hydroxylation is 2. The van der Waals surface area contributed by atoms with E-state index in [9.17, 15) is 38.4 Å². The van der Waals surface area contributed by atoms with Crippen LogP contribution in [0.5, 0.6) is 11.5 Å². The van der Waals surface area contributed by atoms with Crippen molar-refractivity contribution in [3.05, 3.63) is 108 Å². The maximum absolute atomic E-state index is 14.3. The van der Waals surface area contributed by atoms with E-state index in [0.29, 0.717) is 5.75 Å². The van der Waals surface area contributed by atoms with Crippen LogP contribution >= 0.6 is 0 Å². The molecule has 3 heterocycles. The third-order valence-corrected chi connectivity index (χ3v) is 12.1. The van der Waals surface area contributed by atoms with Crippen LogP contribution in [0.25, 0.3) is 0 Å². The lowest BCUT2D eigenvalue weighted by Gasteiger charge is -2.49. The van der Waals surface area contributed by atoms with Crippen molar-refractivity contribution in [1.82, 2.24) is 0 Å². The molecule has 3 aliphatic rings. The summed E-state index contributed by atoms with van der Waals surface area (Å²) < 4.78 is 96.3. The highest BCUT2D eigenvalue weighted by Gasteiger charge is 2.59. The summed E-state index contributed by atoms with van der Waals surface area (Å²) in [6.45, 7) is 11.7. The second-order valence-electron chi connectivity index (χ2n) is 18.3. The fourth-order valence-electron chi connectivity index (χ4n) is 8.58. The molecule has 0 spiro atoms. The molecule has 428 valence electrons. The summed E-state index contributed by atoms with van der Waals surface area (Å²) in [4.78, 5) is 105. The van der Waals surface area contributed by atoms with Gasteiger partial charge >= 0.3 is 47.8 Å². The molecule has 3 aromatic rings. The topological polar surface area (TPSA) is 284 Å². The first-order valence-electron chi connectivity index (χ1n) is 24.9. The van der Waals surface area contributed by atoms with E-state index in [2.05, 4.69) is 6.58 Å². The van der Waals surface area contributed by atoms with Gasteiger partial charge in [-0.2, -0.15) is 0 Å². The molecule has 3 saturated heterocycles. The molecule has 3 fully saturated rings. The molecule has 14 atom stereocenters. The molecule has 0 radical (unpaired) electrons. The highest BCUT2D eigenvalue weighted by Crippen LogP contribution is 2.38. The van der Waals surface area contributed by atoms with Gasteiger partial charge in [-0.15, -0.1) is 6.58 Å². The summed E-state index contributed by atoms with van der Waals surface area (Å²) >= 11 is 0. The number of rotatable bonds is 22. The Bertz CT molecular complexity index is 2600. The summed E-state index contributed by atoms with van der Waals surface area (Å²) in [5.74, 6) is -6.39. The SMILES string of the molecule is C=CCO[C@H]1[C@@H](OC(C)=O)[C@@H](COC(C)=O)O[C@@H](O[C@H]2[C@@H](OC(C)=O)[C@@H](COC(C)=O)O[C@@H](O[C@@H]3CO[C@@H](Oc4ccc(OC)cc4)[C@H](OC(=O)c4ccc(C)cc4)[C@H]3OC(=O)c3ccc(C)cc3)[C@@H]2OC(C)=O)[C@@H]1OC(C)=O. The van der Waals surface area contributed by atoms with E-state index < -0.39 is 154 Å². The van der Waals surface area contributed by atoms with E-state index in [0.717, 1.165) is 52.7 Å². The van der Waals surface area contributed by atoms with Crippen molar-refractivity contribution in [3.8, 4) is 11.5 Å². The average Bonchev–Trinajstić information content (AvgIpc) is 3.44. The maximum atomic E-state index is 14.3. The number of esters is 8. The van der Waals surface area contributed by atoms with Gasteiger partial charge in [0.25, 0.3) is 0 Å². The molecule has 6 rings (SSSR count). The zero-order chi connectivity index (χ0) is 57.5. The lowest BCUT2D eigenvalue weighted by molar-refractivity contribution is -0.373. The Morgan fingerprint density at radius 3 is 1.37 bits per heavy atom. The molecule has 0 N–H and O–H groups in total. The van der Waals surface area contributed by atoms with Crippen LogP contribution < -0.4 is 9.47 Å². The zero-order valence-corrected chi connectivity index (χ0v) is 44.9. The van der Waals surface area contributed by atoms with E-state index >= 15 is 0 Å². The molecule has 3 aromatic carbocycles. The largest absolute Gasteiger partial charge is 0.497 e. The van der Waals surface area contributed by atoms with Crippen molar-refractivity contribution < 1.29 is 114 Å². The van der Waals surface area contributed by atoms with Crippen LogP contribution in [0.2, 0.25) is 0 Å². The fourth-order valence-corrected chi connectivity index (χ4v) is 8.58. The lowest BCUT2D eigenvalue weighted by atomic mass is 9.95. The summed E-state index contributed by atoms with van der Waals surface area (Å²) in [6.07, 6.45) is -22.0. The van der Waals surface area contributed by atoms with Crippen molar-refractivity contribution in [2.45, 2.75) is 141 Å². The molecular weight excluding hydrogens is 1040 g/mol. The fraction of sp³-hybridized carbons (Fsp3) is 0.491. The predicted molar refractivity (Wildman–Crippen MR) is 267 cm³/mol. The normalized spacial score (nSPS) is 27.4. The maximum Gasteiger partial charge on any atom is 0.338 e. The first-order chi connectivity index (χ1) is 37.6. The molecule has 24 heteroatoms. The van der Waals surface area contributed by atoms with Gasteiger partial charge in [-0.1, -0.05) is 41.5 Å². The Labute approximate surface area is 454 Å². The summed E-state index contributed by atoms with van der Waals surface area (Å²) in [7, 11) is 1.48. The number of carbonyl (C=O) groups is 8. The molecule has 24 nitrogen and oxygen atoms in total. The minimum atomic E-state index is -1.93. The molecule has 3 aliphatic heterocycles. The van der Waals surface area contributed by atoms with Gasteiger partial charge in [0, 0.05) is 41.5 Å². The minimum Gasteiger partial charge on any atom is -0.497 e. The lowest BCUT2D eigenvalue weighted by Crippen LogP contribution is -2.68. The molecule has 0 saturated carbocycles. The van der Waals surface area contributed by atoms with E-state index in [1.54, 1.807) is 48.5 Å². The van der Waals surface area contributed by atoms with E-state index in [4.69, 9.17) is 75.8 Å². The van der Waals surface area contributed by atoms with Gasteiger partial charge in [0.05, 0.1) is 31.5 Å². The molecular formula is C55H64O24. The van der Waals surface area contributed by atoms with Crippen LogP contribution in [0.1, 0.15) is 73.4 Å². The van der Waals surface area contributed by atoms with E-state index in [1.807, 2.05) is 13.8 Å². The molecule has 0 aliphatic carbocycles. The Morgan fingerprint density at radius 2 is 0.911 bits per heavy atom. The summed E-state index contributed by atoms with van der Waals surface area (Å²) in [5, 5.41) is 0. The van der Waals surface area contributed by atoms with Crippen LogP contribution in [0.3, 0.4) is 0 Å². The molecule has 79 heavy (non-hydrogen) atoms. The number of hydrogen-bond donors (Lipinski definition) is 0. The second-order valence-corrected chi connectivity index (χ2v) is 18.3. The van der Waals surface area contributed by atoms with Crippen LogP contribution in [0.4, 0.5) is 0 Å². The van der Waals surface area contributed by atoms with Gasteiger partial charge < -0.3 is 75.8 Å². The third kappa shape index (κ3) is 17.0. The minimum absolute atomic E-state index is 0.0750. The highest BCUT2D eigenvalue weighted by molar-refractivity contribution is 5.90. The number of carbonyl (C=O) groups excluding carboxylic acids is 8. The van der Waals surface area contributed by atoms with Crippen molar-refractivity contribution in [1.29, 1.82) is 0 Å². The first kappa shape index (κ1) is 60.7. The third-order valence-electron chi connectivity index (χ3n) is 12.1. The molecule has 0 unspecified atom stereocenters. The predicted octanol–water partition coefficient (Wildman–Crippen LogP) is 4.14. The van der Waals surface area contributed by atoms with Crippen molar-refractivity contribution in [2.24, 2.45) is 0 Å². The standard InChI is InChI=1S/C55H64O24/c1-11-24-65-46-43(69-32(6)58)40(25-66-30(4)56)76-55(49(46)71-34(8)60)79-47-44(70-33(7)59)41(26-67-31(5)57)74-54(50(47)72-35(9)61)75-42-27-68-53(73-39-22-20-38(64-10)21-23-39)48(78-52(63)37-18-14-29(3)15-19-37)45(42)77-51(62)36-16-12-28(2)13-17-36/h11-23,40-50,53-55H,1,24-27H2,2-10H3/t40-,41-,42-,43+,44+,45+,46+,47+,48-,49-,50-,53+,54+,55+/m1/s1. The number of benzene rings is 3. The van der Waals surface area contributed by atoms with Gasteiger partial charge in [0.2, 0.25) is 12.4 Å². The van der Waals surface area contributed by atoms with Crippen molar-refractivity contribution >= 4 is 47.8 Å². The Balaban J connectivity index is 1.49. The van der Waals surface area contributed by atoms with Gasteiger partial charge in [-0.3, -0.25) is 28.8 Å². The summed E-state index contributed by atoms with van der Waals surface area (Å²) in [5.41, 5.74) is 1.83. The molecule has 0 amide bonds. The molecule has 0 aromatic heterocycles. The monoisotopic (exact) mass is 1110 g/mol. The van der Waals surface area contributed by atoms with E-state index in [1.165, 1.54) is 37.5 Å². The highest BCUT2D eigenvalue weighted by atomic mass is 16.8. The van der Waals surface area contributed by atoms with Gasteiger partial charge in [0.1, 0.15) is 55.2 Å². The zero-order valence-electron chi connectivity index (χ0n) is 44.9. The quantitative estimate of drug-likeness (QED) is 0.0776. The molecule has 0 bridgehead atoms. The van der Waals surface area contributed by atoms with E-state index in [-0.39, 0.29) is 23.5 Å².